The van der Waals surface area contributed by atoms with E-state index in [1.54, 1.807) is 6.92 Å². The van der Waals surface area contributed by atoms with Crippen LogP contribution in [0.25, 0.3) is 0 Å². The van der Waals surface area contributed by atoms with Crippen LogP contribution in [0.1, 0.15) is 13.8 Å². The summed E-state index contributed by atoms with van der Waals surface area (Å²) in [6.07, 6.45) is -1.65. The van der Waals surface area contributed by atoms with Gasteiger partial charge in [-0.25, -0.2) is 0 Å². The molecule has 12 heavy (non-hydrogen) atoms. The van der Waals surface area contributed by atoms with Crippen molar-refractivity contribution in [2.75, 3.05) is 20.3 Å². The molecule has 0 amide bonds. The van der Waals surface area contributed by atoms with E-state index in [2.05, 4.69) is 0 Å². The summed E-state index contributed by atoms with van der Waals surface area (Å²) in [4.78, 5) is 0. The van der Waals surface area contributed by atoms with Crippen LogP contribution in [-0.2, 0) is 9.47 Å². The minimum Gasteiger partial charge on any atom is -0.394 e. The van der Waals surface area contributed by atoms with E-state index in [1.807, 2.05) is 6.92 Å². The largest absolute Gasteiger partial charge is 0.394 e. The third-order valence-corrected chi connectivity index (χ3v) is 1.79. The maximum Gasteiger partial charge on any atom is 0.109 e. The van der Waals surface area contributed by atoms with Crippen LogP contribution in [0.4, 0.5) is 0 Å². The van der Waals surface area contributed by atoms with Crippen molar-refractivity contribution in [1.29, 1.82) is 0 Å². The first kappa shape index (κ1) is 11.8. The topological polar surface area (TPSA) is 58.9 Å². The predicted molar refractivity (Wildman–Crippen MR) is 45.0 cm³/mol. The highest BCUT2D eigenvalue weighted by Gasteiger charge is 2.24. The Labute approximate surface area is 73.1 Å². The zero-order chi connectivity index (χ0) is 9.56. The summed E-state index contributed by atoms with van der Waals surface area (Å²) in [7, 11) is 1.51. The second-order valence-corrected chi connectivity index (χ2v) is 2.61. The van der Waals surface area contributed by atoms with Crippen molar-refractivity contribution in [3.8, 4) is 0 Å². The molecule has 2 N–H and O–H groups in total. The summed E-state index contributed by atoms with van der Waals surface area (Å²) in [5.74, 6) is 0. The van der Waals surface area contributed by atoms with E-state index in [-0.39, 0.29) is 12.7 Å². The Morgan fingerprint density at radius 3 is 2.33 bits per heavy atom. The van der Waals surface area contributed by atoms with Crippen LogP contribution >= 0.6 is 0 Å². The molecule has 0 aliphatic carbocycles. The fourth-order valence-electron chi connectivity index (χ4n) is 0.915. The average molecular weight is 178 g/mol. The average Bonchev–Trinajstić information content (AvgIpc) is 2.11. The van der Waals surface area contributed by atoms with Crippen LogP contribution in [0.3, 0.4) is 0 Å². The fraction of sp³-hybridized carbons (Fsp3) is 1.00. The van der Waals surface area contributed by atoms with Crippen LogP contribution in [0, 0.1) is 0 Å². The van der Waals surface area contributed by atoms with Gasteiger partial charge in [0.05, 0.1) is 12.7 Å². The minimum absolute atomic E-state index is 0.192. The highest BCUT2D eigenvalue weighted by Crippen LogP contribution is 2.06. The Morgan fingerprint density at radius 2 is 2.00 bits per heavy atom. The number of methoxy groups -OCH3 is 1. The van der Waals surface area contributed by atoms with Crippen molar-refractivity contribution >= 4 is 0 Å². The molecule has 0 spiro atoms. The number of hydrogen-bond donors (Lipinski definition) is 2. The molecule has 0 aromatic rings. The van der Waals surface area contributed by atoms with Gasteiger partial charge in [0.25, 0.3) is 0 Å². The van der Waals surface area contributed by atoms with Gasteiger partial charge in [0.15, 0.2) is 0 Å². The first-order valence-corrected chi connectivity index (χ1v) is 4.10. The number of aliphatic hydroxyl groups excluding tert-OH is 2. The molecule has 3 atom stereocenters. The lowest BCUT2D eigenvalue weighted by Gasteiger charge is -2.24. The van der Waals surface area contributed by atoms with Gasteiger partial charge in [0, 0.05) is 13.7 Å². The van der Waals surface area contributed by atoms with Crippen molar-refractivity contribution in [3.63, 3.8) is 0 Å². The summed E-state index contributed by atoms with van der Waals surface area (Å²) in [6.45, 7) is 3.82. The van der Waals surface area contributed by atoms with Gasteiger partial charge in [-0.05, 0) is 13.8 Å². The van der Waals surface area contributed by atoms with Crippen molar-refractivity contribution in [1.82, 2.24) is 0 Å². The molecule has 0 aromatic heterocycles. The maximum absolute atomic E-state index is 9.50. The summed E-state index contributed by atoms with van der Waals surface area (Å²) in [5.41, 5.74) is 0. The number of ether oxygens (including phenoxy) is 2. The highest BCUT2D eigenvalue weighted by atomic mass is 16.5. The van der Waals surface area contributed by atoms with Crippen LogP contribution in [0.2, 0.25) is 0 Å². The first-order chi connectivity index (χ1) is 5.67. The van der Waals surface area contributed by atoms with Gasteiger partial charge in [0.2, 0.25) is 0 Å². The van der Waals surface area contributed by atoms with Crippen LogP contribution in [-0.4, -0.2) is 48.8 Å². The lowest BCUT2D eigenvalue weighted by atomic mass is 10.1. The van der Waals surface area contributed by atoms with Crippen molar-refractivity contribution in [3.05, 3.63) is 0 Å². The molecule has 0 bridgehead atoms. The molecule has 0 aliphatic rings. The molecule has 0 heterocycles. The molecule has 0 aromatic carbocycles. The standard InChI is InChI=1S/C8H18O4/c1-4-12-7(5-9)8(10)6(2)11-3/h6-10H,4-5H2,1-3H3. The molecule has 74 valence electrons. The van der Waals surface area contributed by atoms with E-state index in [0.29, 0.717) is 6.61 Å². The zero-order valence-corrected chi connectivity index (χ0v) is 7.86. The number of hydrogen-bond acceptors (Lipinski definition) is 4. The van der Waals surface area contributed by atoms with E-state index in [9.17, 15) is 5.11 Å². The molecule has 0 fully saturated rings. The van der Waals surface area contributed by atoms with E-state index in [4.69, 9.17) is 14.6 Å². The van der Waals surface area contributed by atoms with E-state index in [1.165, 1.54) is 7.11 Å². The Morgan fingerprint density at radius 1 is 1.42 bits per heavy atom. The van der Waals surface area contributed by atoms with E-state index < -0.39 is 12.2 Å². The van der Waals surface area contributed by atoms with Crippen molar-refractivity contribution < 1.29 is 19.7 Å². The number of rotatable bonds is 6. The van der Waals surface area contributed by atoms with Gasteiger partial charge in [-0.3, -0.25) is 0 Å². The quantitative estimate of drug-likeness (QED) is 0.590. The molecular formula is C8H18O4. The Kier molecular flexibility index (Phi) is 6.28. The molecule has 0 saturated carbocycles. The molecule has 0 saturated heterocycles. The summed E-state index contributed by atoms with van der Waals surface area (Å²) < 4.78 is 10.00. The van der Waals surface area contributed by atoms with Crippen LogP contribution < -0.4 is 0 Å². The summed E-state index contributed by atoms with van der Waals surface area (Å²) in [5, 5.41) is 18.3. The van der Waals surface area contributed by atoms with Gasteiger partial charge in [0.1, 0.15) is 12.2 Å². The molecule has 0 radical (unpaired) electrons. The SMILES string of the molecule is CCOC(CO)C(O)C(C)OC. The lowest BCUT2D eigenvalue weighted by Crippen LogP contribution is -2.40. The first-order valence-electron chi connectivity index (χ1n) is 4.10. The van der Waals surface area contributed by atoms with Crippen molar-refractivity contribution in [2.24, 2.45) is 0 Å². The molecule has 4 nitrogen and oxygen atoms in total. The van der Waals surface area contributed by atoms with Crippen LogP contribution in [0.5, 0.6) is 0 Å². The van der Waals surface area contributed by atoms with Crippen LogP contribution in [0.15, 0.2) is 0 Å². The second-order valence-electron chi connectivity index (χ2n) is 2.61. The lowest BCUT2D eigenvalue weighted by molar-refractivity contribution is -0.108. The highest BCUT2D eigenvalue weighted by molar-refractivity contribution is 4.73. The fourth-order valence-corrected chi connectivity index (χ4v) is 0.915. The summed E-state index contributed by atoms with van der Waals surface area (Å²) >= 11 is 0. The molecule has 4 heteroatoms. The number of aliphatic hydroxyl groups is 2. The molecule has 3 unspecified atom stereocenters. The van der Waals surface area contributed by atoms with E-state index >= 15 is 0 Å². The predicted octanol–water partition coefficient (Wildman–Crippen LogP) is -0.220. The zero-order valence-electron chi connectivity index (χ0n) is 7.86. The second kappa shape index (κ2) is 6.37. The van der Waals surface area contributed by atoms with Gasteiger partial charge in [-0.15, -0.1) is 0 Å². The Balaban J connectivity index is 3.91. The van der Waals surface area contributed by atoms with Gasteiger partial charge in [-0.1, -0.05) is 0 Å². The summed E-state index contributed by atoms with van der Waals surface area (Å²) in [6, 6.07) is 0. The molecule has 0 aliphatic heterocycles. The third kappa shape index (κ3) is 3.49. The van der Waals surface area contributed by atoms with Gasteiger partial charge in [-0.2, -0.15) is 0 Å². The Hall–Kier alpha value is -0.160. The molecular weight excluding hydrogens is 160 g/mol. The molecule has 0 rings (SSSR count). The minimum atomic E-state index is -0.778. The monoisotopic (exact) mass is 178 g/mol. The smallest absolute Gasteiger partial charge is 0.109 e. The van der Waals surface area contributed by atoms with Crippen molar-refractivity contribution in [2.45, 2.75) is 32.2 Å². The Bertz CT molecular complexity index is 107. The van der Waals surface area contributed by atoms with E-state index in [0.717, 1.165) is 0 Å². The normalized spacial score (nSPS) is 18.8. The third-order valence-electron chi connectivity index (χ3n) is 1.79. The van der Waals surface area contributed by atoms with Gasteiger partial charge < -0.3 is 19.7 Å². The van der Waals surface area contributed by atoms with Gasteiger partial charge >= 0.3 is 0 Å². The maximum atomic E-state index is 9.50.